The molecular formula is C17H19F2N. The van der Waals surface area contributed by atoms with E-state index in [1.807, 2.05) is 18.2 Å². The molecule has 0 bridgehead atoms. The molecule has 2 aromatic rings. The van der Waals surface area contributed by atoms with Crippen molar-refractivity contribution in [1.29, 1.82) is 0 Å². The third kappa shape index (κ3) is 3.64. The highest BCUT2D eigenvalue weighted by Gasteiger charge is 2.15. The normalized spacial score (nSPS) is 12.7. The number of rotatable bonds is 5. The molecule has 0 saturated heterocycles. The van der Waals surface area contributed by atoms with E-state index in [-0.39, 0.29) is 6.04 Å². The zero-order valence-electron chi connectivity index (χ0n) is 11.7. The molecule has 3 heteroatoms. The van der Waals surface area contributed by atoms with Gasteiger partial charge in [-0.05, 0) is 17.5 Å². The van der Waals surface area contributed by atoms with E-state index in [1.54, 1.807) is 0 Å². The van der Waals surface area contributed by atoms with Crippen LogP contribution in [0.1, 0.15) is 31.0 Å². The predicted molar refractivity (Wildman–Crippen MR) is 77.2 cm³/mol. The maximum atomic E-state index is 13.6. The number of hydrogen-bond donors (Lipinski definition) is 1. The first-order valence-corrected chi connectivity index (χ1v) is 6.80. The molecule has 106 valence electrons. The highest BCUT2D eigenvalue weighted by Crippen LogP contribution is 2.22. The largest absolute Gasteiger partial charge is 0.306 e. The van der Waals surface area contributed by atoms with Gasteiger partial charge in [0.05, 0.1) is 0 Å². The van der Waals surface area contributed by atoms with Gasteiger partial charge in [-0.1, -0.05) is 50.2 Å². The summed E-state index contributed by atoms with van der Waals surface area (Å²) in [5, 5.41) is 3.35. The molecule has 0 heterocycles. The van der Waals surface area contributed by atoms with Crippen LogP contribution >= 0.6 is 0 Å². The molecule has 0 aliphatic heterocycles. The van der Waals surface area contributed by atoms with E-state index >= 15 is 0 Å². The van der Waals surface area contributed by atoms with Crippen molar-refractivity contribution in [3.8, 4) is 0 Å². The Morgan fingerprint density at radius 1 is 1.00 bits per heavy atom. The molecule has 2 rings (SSSR count). The van der Waals surface area contributed by atoms with Crippen molar-refractivity contribution < 1.29 is 8.78 Å². The molecule has 1 atom stereocenters. The molecule has 0 aromatic heterocycles. The van der Waals surface area contributed by atoms with Gasteiger partial charge in [0.15, 0.2) is 0 Å². The second kappa shape index (κ2) is 6.62. The van der Waals surface area contributed by atoms with Crippen molar-refractivity contribution >= 4 is 0 Å². The van der Waals surface area contributed by atoms with Crippen LogP contribution in [0.2, 0.25) is 0 Å². The fourth-order valence-corrected chi connectivity index (χ4v) is 2.28. The maximum Gasteiger partial charge on any atom is 0.130 e. The molecule has 0 fully saturated rings. The molecule has 0 saturated carbocycles. The molecular weight excluding hydrogens is 256 g/mol. The molecule has 2 aromatic carbocycles. The van der Waals surface area contributed by atoms with Gasteiger partial charge < -0.3 is 5.32 Å². The zero-order valence-corrected chi connectivity index (χ0v) is 11.7. The Labute approximate surface area is 118 Å². The number of halogens is 2. The van der Waals surface area contributed by atoms with Gasteiger partial charge in [-0.2, -0.15) is 0 Å². The van der Waals surface area contributed by atoms with Gasteiger partial charge in [-0.15, -0.1) is 0 Å². The third-order valence-corrected chi connectivity index (χ3v) is 3.35. The van der Waals surface area contributed by atoms with Crippen molar-refractivity contribution in [2.45, 2.75) is 26.4 Å². The Bertz CT molecular complexity index is 552. The summed E-state index contributed by atoms with van der Waals surface area (Å²) in [5.74, 6) is -0.677. The lowest BCUT2D eigenvalue weighted by atomic mass is 9.96. The van der Waals surface area contributed by atoms with Crippen LogP contribution in [0.15, 0.2) is 48.5 Å². The van der Waals surface area contributed by atoms with E-state index < -0.39 is 11.6 Å². The minimum Gasteiger partial charge on any atom is -0.306 e. The second-order valence-electron chi connectivity index (χ2n) is 5.25. The quantitative estimate of drug-likeness (QED) is 0.850. The van der Waals surface area contributed by atoms with Gasteiger partial charge >= 0.3 is 0 Å². The molecule has 0 spiro atoms. The number of benzene rings is 2. The fraction of sp³-hybridized carbons (Fsp3) is 0.294. The molecule has 1 unspecified atom stereocenters. The Morgan fingerprint density at radius 3 is 2.30 bits per heavy atom. The molecule has 20 heavy (non-hydrogen) atoms. The lowest BCUT2D eigenvalue weighted by molar-refractivity contribution is 0.406. The summed E-state index contributed by atoms with van der Waals surface area (Å²) < 4.78 is 26.5. The van der Waals surface area contributed by atoms with Crippen molar-refractivity contribution in [2.24, 2.45) is 5.92 Å². The van der Waals surface area contributed by atoms with Crippen molar-refractivity contribution in [3.63, 3.8) is 0 Å². The Hall–Kier alpha value is -1.74. The number of nitrogens with one attached hydrogen (secondary N) is 1. The van der Waals surface area contributed by atoms with Crippen LogP contribution in [-0.2, 0) is 6.54 Å². The first-order chi connectivity index (χ1) is 9.58. The summed E-state index contributed by atoms with van der Waals surface area (Å²) in [7, 11) is 0. The van der Waals surface area contributed by atoms with E-state index in [2.05, 4.69) is 31.3 Å². The third-order valence-electron chi connectivity index (χ3n) is 3.35. The SMILES string of the molecule is CC(C)C(NCc1ccc(F)cc1F)c1ccccc1. The lowest BCUT2D eigenvalue weighted by Crippen LogP contribution is -2.25. The highest BCUT2D eigenvalue weighted by atomic mass is 19.1. The van der Waals surface area contributed by atoms with Crippen LogP contribution in [-0.4, -0.2) is 0 Å². The minimum absolute atomic E-state index is 0.139. The Morgan fingerprint density at radius 2 is 1.70 bits per heavy atom. The first-order valence-electron chi connectivity index (χ1n) is 6.80. The van der Waals surface area contributed by atoms with Crippen molar-refractivity contribution in [1.82, 2.24) is 5.32 Å². The minimum atomic E-state index is -0.547. The second-order valence-corrected chi connectivity index (χ2v) is 5.25. The van der Waals surface area contributed by atoms with E-state index in [9.17, 15) is 8.78 Å². The molecule has 1 N–H and O–H groups in total. The van der Waals surface area contributed by atoms with Crippen LogP contribution in [0.4, 0.5) is 8.78 Å². The molecule has 0 amide bonds. The molecule has 1 nitrogen and oxygen atoms in total. The summed E-state index contributed by atoms with van der Waals surface area (Å²) in [6.45, 7) is 4.61. The maximum absolute atomic E-state index is 13.6. The Kier molecular flexibility index (Phi) is 4.85. The summed E-state index contributed by atoms with van der Waals surface area (Å²) in [6.07, 6.45) is 0. The topological polar surface area (TPSA) is 12.0 Å². The molecule has 0 aliphatic carbocycles. The van der Waals surface area contributed by atoms with Gasteiger partial charge in [0.2, 0.25) is 0 Å². The van der Waals surface area contributed by atoms with Crippen LogP contribution in [0.5, 0.6) is 0 Å². The summed E-state index contributed by atoms with van der Waals surface area (Å²) in [4.78, 5) is 0. The molecule has 0 aliphatic rings. The summed E-state index contributed by atoms with van der Waals surface area (Å²) >= 11 is 0. The zero-order chi connectivity index (χ0) is 14.5. The number of hydrogen-bond acceptors (Lipinski definition) is 1. The Balaban J connectivity index is 2.10. The lowest BCUT2D eigenvalue weighted by Gasteiger charge is -2.23. The van der Waals surface area contributed by atoms with Gasteiger partial charge in [0, 0.05) is 24.2 Å². The van der Waals surface area contributed by atoms with E-state index in [4.69, 9.17) is 0 Å². The summed E-state index contributed by atoms with van der Waals surface area (Å²) in [6, 6.07) is 13.9. The van der Waals surface area contributed by atoms with Gasteiger partial charge in [-0.3, -0.25) is 0 Å². The highest BCUT2D eigenvalue weighted by molar-refractivity contribution is 5.21. The monoisotopic (exact) mass is 275 g/mol. The average Bonchev–Trinajstić information content (AvgIpc) is 2.42. The first kappa shape index (κ1) is 14.7. The standard InChI is InChI=1S/C17H19F2N/c1-12(2)17(13-6-4-3-5-7-13)20-11-14-8-9-15(18)10-16(14)19/h3-10,12,17,20H,11H2,1-2H3. The molecule has 0 radical (unpaired) electrons. The summed E-state index contributed by atoms with van der Waals surface area (Å²) in [5.41, 5.74) is 1.65. The van der Waals surface area contributed by atoms with Crippen LogP contribution < -0.4 is 5.32 Å². The van der Waals surface area contributed by atoms with Crippen molar-refractivity contribution in [2.75, 3.05) is 0 Å². The predicted octanol–water partition coefficient (Wildman–Crippen LogP) is 4.45. The van der Waals surface area contributed by atoms with Crippen LogP contribution in [0.3, 0.4) is 0 Å². The van der Waals surface area contributed by atoms with Gasteiger partial charge in [0.1, 0.15) is 11.6 Å². The fourth-order valence-electron chi connectivity index (χ4n) is 2.28. The average molecular weight is 275 g/mol. The smallest absolute Gasteiger partial charge is 0.130 e. The van der Waals surface area contributed by atoms with Gasteiger partial charge in [0.25, 0.3) is 0 Å². The van der Waals surface area contributed by atoms with Crippen LogP contribution in [0, 0.1) is 17.6 Å². The van der Waals surface area contributed by atoms with E-state index in [0.29, 0.717) is 18.0 Å². The van der Waals surface area contributed by atoms with Crippen LogP contribution in [0.25, 0.3) is 0 Å². The van der Waals surface area contributed by atoms with E-state index in [0.717, 1.165) is 6.07 Å². The van der Waals surface area contributed by atoms with Crippen molar-refractivity contribution in [3.05, 3.63) is 71.3 Å². The van der Waals surface area contributed by atoms with Gasteiger partial charge in [-0.25, -0.2) is 8.78 Å². The van der Waals surface area contributed by atoms with E-state index in [1.165, 1.54) is 17.7 Å².